The highest BCUT2D eigenvalue weighted by atomic mass is 19.1. The standard InChI is InChI=1S/C27H25FN2O4/c1-16-15-22(34-3)17(2)14-21(16)25(31)23-24(19-8-11-29-12-9-19)30(27(33)26(23)32)13-10-18-4-6-20(28)7-5-18/h4-9,11-12,14-15,24,31H,10,13H2,1-3H3/b25-23+. The Morgan fingerprint density at radius 2 is 1.74 bits per heavy atom. The second kappa shape index (κ2) is 9.47. The molecule has 6 nitrogen and oxygen atoms in total. The maximum atomic E-state index is 13.3. The number of aliphatic hydroxyl groups excluding tert-OH is 1. The lowest BCUT2D eigenvalue weighted by Gasteiger charge is -2.25. The molecular formula is C27H25FN2O4. The number of aromatic nitrogens is 1. The summed E-state index contributed by atoms with van der Waals surface area (Å²) in [7, 11) is 1.57. The highest BCUT2D eigenvalue weighted by molar-refractivity contribution is 6.46. The van der Waals surface area contributed by atoms with Crippen LogP contribution in [0.1, 0.15) is 33.9 Å². The summed E-state index contributed by atoms with van der Waals surface area (Å²) in [5.41, 5.74) is 3.50. The molecule has 1 N–H and O–H groups in total. The number of pyridine rings is 1. The first-order chi connectivity index (χ1) is 16.3. The van der Waals surface area contributed by atoms with Crippen LogP contribution in [0.3, 0.4) is 0 Å². The number of aliphatic hydroxyl groups is 1. The van der Waals surface area contributed by atoms with Crippen LogP contribution in [0.15, 0.2) is 66.5 Å². The molecule has 1 aromatic heterocycles. The minimum absolute atomic E-state index is 0.0305. The van der Waals surface area contributed by atoms with E-state index in [0.29, 0.717) is 28.9 Å². The molecule has 1 aliphatic rings. The maximum absolute atomic E-state index is 13.3. The van der Waals surface area contributed by atoms with E-state index < -0.39 is 17.7 Å². The van der Waals surface area contributed by atoms with Crippen LogP contribution in [0.5, 0.6) is 5.75 Å². The number of hydrogen-bond donors (Lipinski definition) is 1. The topological polar surface area (TPSA) is 79.7 Å². The quantitative estimate of drug-likeness (QED) is 0.333. The molecule has 2 heterocycles. The van der Waals surface area contributed by atoms with Crippen molar-refractivity contribution < 1.29 is 23.8 Å². The van der Waals surface area contributed by atoms with Gasteiger partial charge in [0.25, 0.3) is 11.7 Å². The third-order valence-electron chi connectivity index (χ3n) is 6.11. The number of ether oxygens (including phenoxy) is 1. The molecule has 34 heavy (non-hydrogen) atoms. The molecule has 174 valence electrons. The molecule has 0 radical (unpaired) electrons. The average molecular weight is 461 g/mol. The Labute approximate surface area is 197 Å². The molecule has 0 bridgehead atoms. The van der Waals surface area contributed by atoms with Crippen LogP contribution in [-0.4, -0.2) is 40.3 Å². The Bertz CT molecular complexity index is 1270. The van der Waals surface area contributed by atoms with Crippen LogP contribution in [0.2, 0.25) is 0 Å². The second-order valence-electron chi connectivity index (χ2n) is 8.29. The van der Waals surface area contributed by atoms with Crippen LogP contribution >= 0.6 is 0 Å². The average Bonchev–Trinajstić information content (AvgIpc) is 3.10. The van der Waals surface area contributed by atoms with E-state index >= 15 is 0 Å². The molecule has 1 amide bonds. The molecule has 0 aliphatic carbocycles. The van der Waals surface area contributed by atoms with Gasteiger partial charge in [0.05, 0.1) is 18.7 Å². The first-order valence-electron chi connectivity index (χ1n) is 10.9. The summed E-state index contributed by atoms with van der Waals surface area (Å²) in [5.74, 6) is -1.34. The van der Waals surface area contributed by atoms with Gasteiger partial charge in [0.1, 0.15) is 17.3 Å². The lowest BCUT2D eigenvalue weighted by molar-refractivity contribution is -0.139. The molecule has 3 aromatic rings. The first-order valence-corrected chi connectivity index (χ1v) is 10.9. The maximum Gasteiger partial charge on any atom is 0.295 e. The Morgan fingerprint density at radius 1 is 1.06 bits per heavy atom. The molecule has 2 aromatic carbocycles. The van der Waals surface area contributed by atoms with E-state index in [1.807, 2.05) is 13.8 Å². The van der Waals surface area contributed by atoms with Crippen LogP contribution < -0.4 is 4.74 Å². The van der Waals surface area contributed by atoms with Gasteiger partial charge in [-0.3, -0.25) is 14.6 Å². The number of aryl methyl sites for hydroxylation is 2. The summed E-state index contributed by atoms with van der Waals surface area (Å²) in [6, 6.07) is 12.2. The molecule has 4 rings (SSSR count). The molecule has 0 saturated carbocycles. The van der Waals surface area contributed by atoms with Crippen molar-refractivity contribution in [1.82, 2.24) is 9.88 Å². The number of benzene rings is 2. The molecule has 1 saturated heterocycles. The number of carbonyl (C=O) groups excluding carboxylic acids is 2. The molecule has 7 heteroatoms. The number of hydrogen-bond acceptors (Lipinski definition) is 5. The minimum Gasteiger partial charge on any atom is -0.507 e. The molecule has 1 atom stereocenters. The predicted octanol–water partition coefficient (Wildman–Crippen LogP) is 4.51. The zero-order valence-electron chi connectivity index (χ0n) is 19.2. The lowest BCUT2D eigenvalue weighted by Crippen LogP contribution is -2.31. The number of halogens is 1. The number of likely N-dealkylation sites (tertiary alicyclic amines) is 1. The zero-order valence-corrected chi connectivity index (χ0v) is 19.2. The van der Waals surface area contributed by atoms with Crippen molar-refractivity contribution in [1.29, 1.82) is 0 Å². The fourth-order valence-corrected chi connectivity index (χ4v) is 4.31. The summed E-state index contributed by atoms with van der Waals surface area (Å²) < 4.78 is 18.6. The molecule has 1 unspecified atom stereocenters. The van der Waals surface area contributed by atoms with Gasteiger partial charge in [-0.1, -0.05) is 12.1 Å². The number of rotatable bonds is 6. The number of methoxy groups -OCH3 is 1. The van der Waals surface area contributed by atoms with Gasteiger partial charge < -0.3 is 14.7 Å². The van der Waals surface area contributed by atoms with Crippen molar-refractivity contribution in [2.75, 3.05) is 13.7 Å². The van der Waals surface area contributed by atoms with Gasteiger partial charge in [-0.25, -0.2) is 4.39 Å². The Kier molecular flexibility index (Phi) is 6.45. The number of carbonyl (C=O) groups is 2. The smallest absolute Gasteiger partial charge is 0.295 e. The number of ketones is 1. The van der Waals surface area contributed by atoms with Crippen molar-refractivity contribution in [3.63, 3.8) is 0 Å². The number of nitrogens with zero attached hydrogens (tertiary/aromatic N) is 2. The Balaban J connectivity index is 1.79. The third-order valence-corrected chi connectivity index (χ3v) is 6.11. The predicted molar refractivity (Wildman–Crippen MR) is 126 cm³/mol. The van der Waals surface area contributed by atoms with Crippen molar-refractivity contribution in [3.8, 4) is 5.75 Å². The summed E-state index contributed by atoms with van der Waals surface area (Å²) in [6.45, 7) is 3.88. The Morgan fingerprint density at radius 3 is 2.38 bits per heavy atom. The SMILES string of the molecule is COc1cc(C)c(/C(O)=C2\C(=O)C(=O)N(CCc3ccc(F)cc3)C2c2ccncc2)cc1C. The van der Waals surface area contributed by atoms with Crippen LogP contribution in [0.4, 0.5) is 4.39 Å². The van der Waals surface area contributed by atoms with E-state index in [0.717, 1.165) is 11.1 Å². The Hall–Kier alpha value is -4.00. The van der Waals surface area contributed by atoms with E-state index in [4.69, 9.17) is 4.74 Å². The van der Waals surface area contributed by atoms with Gasteiger partial charge in [-0.2, -0.15) is 0 Å². The van der Waals surface area contributed by atoms with E-state index in [2.05, 4.69) is 4.98 Å². The fourth-order valence-electron chi connectivity index (χ4n) is 4.31. The molecule has 0 spiro atoms. The summed E-state index contributed by atoms with van der Waals surface area (Å²) in [6.07, 6.45) is 3.59. The van der Waals surface area contributed by atoms with E-state index in [9.17, 15) is 19.1 Å². The van der Waals surface area contributed by atoms with Gasteiger partial charge >= 0.3 is 0 Å². The van der Waals surface area contributed by atoms with E-state index in [1.54, 1.807) is 55.9 Å². The zero-order chi connectivity index (χ0) is 24.4. The van der Waals surface area contributed by atoms with Crippen LogP contribution in [-0.2, 0) is 16.0 Å². The van der Waals surface area contributed by atoms with Crippen LogP contribution in [0.25, 0.3) is 5.76 Å². The third kappa shape index (κ3) is 4.29. The van der Waals surface area contributed by atoms with Crippen LogP contribution in [0, 0.1) is 19.7 Å². The lowest BCUT2D eigenvalue weighted by atomic mass is 9.93. The monoisotopic (exact) mass is 460 g/mol. The summed E-state index contributed by atoms with van der Waals surface area (Å²) in [4.78, 5) is 31.8. The van der Waals surface area contributed by atoms with Crippen molar-refractivity contribution in [3.05, 3.63) is 100 Å². The number of Topliss-reactive ketones (excluding diaryl/α,β-unsaturated/α-hetero) is 1. The molecule has 1 fully saturated rings. The highest BCUT2D eigenvalue weighted by Gasteiger charge is 2.46. The molecular weight excluding hydrogens is 435 g/mol. The van der Waals surface area contributed by atoms with Gasteiger partial charge in [-0.05, 0) is 78.9 Å². The minimum atomic E-state index is -0.773. The van der Waals surface area contributed by atoms with Crippen molar-refractivity contribution in [2.45, 2.75) is 26.3 Å². The largest absolute Gasteiger partial charge is 0.507 e. The van der Waals surface area contributed by atoms with Crippen molar-refractivity contribution in [2.24, 2.45) is 0 Å². The summed E-state index contributed by atoms with van der Waals surface area (Å²) in [5, 5.41) is 11.3. The molecule has 1 aliphatic heterocycles. The highest BCUT2D eigenvalue weighted by Crippen LogP contribution is 2.40. The van der Waals surface area contributed by atoms with Gasteiger partial charge in [-0.15, -0.1) is 0 Å². The first kappa shape index (κ1) is 23.2. The van der Waals surface area contributed by atoms with Gasteiger partial charge in [0.2, 0.25) is 0 Å². The number of amides is 1. The van der Waals surface area contributed by atoms with Crippen molar-refractivity contribution >= 4 is 17.4 Å². The summed E-state index contributed by atoms with van der Waals surface area (Å²) >= 11 is 0. The van der Waals surface area contributed by atoms with Gasteiger partial charge in [0.15, 0.2) is 0 Å². The van der Waals surface area contributed by atoms with E-state index in [1.165, 1.54) is 17.0 Å². The fraction of sp³-hybridized carbons (Fsp3) is 0.222. The second-order valence-corrected chi connectivity index (χ2v) is 8.29. The van der Waals surface area contributed by atoms with Gasteiger partial charge in [0, 0.05) is 24.5 Å². The normalized spacial score (nSPS) is 17.3. The van der Waals surface area contributed by atoms with E-state index in [-0.39, 0.29) is 23.7 Å².